The monoisotopic (exact) mass is 309 g/mol. The molecule has 0 radical (unpaired) electrons. The maximum Gasteiger partial charge on any atom is 0.178 e. The molecule has 0 saturated heterocycles. The lowest BCUT2D eigenvalue weighted by Crippen LogP contribution is -2.24. The number of H-pyrrole nitrogens is 1. The fraction of sp³-hybridized carbons (Fsp3) is 0.562. The van der Waals surface area contributed by atoms with E-state index in [-0.39, 0.29) is 11.9 Å². The van der Waals surface area contributed by atoms with Crippen molar-refractivity contribution in [2.24, 2.45) is 0 Å². The number of hydrogen-bond donors (Lipinski definition) is 1. The lowest BCUT2D eigenvalue weighted by Gasteiger charge is -2.20. The summed E-state index contributed by atoms with van der Waals surface area (Å²) in [5, 5.41) is 0. The molecule has 0 aliphatic rings. The topological polar surface area (TPSA) is 24.0 Å². The Kier molecular flexibility index (Phi) is 5.53. The van der Waals surface area contributed by atoms with Gasteiger partial charge in [-0.05, 0) is 69.8 Å². The Morgan fingerprint density at radius 1 is 1.33 bits per heavy atom. The molecule has 0 aliphatic carbocycles. The molecular weight excluding hydrogens is 285 g/mol. The van der Waals surface area contributed by atoms with Crippen molar-refractivity contribution in [1.29, 1.82) is 0 Å². The molecule has 1 unspecified atom stereocenters. The predicted octanol–water partition coefficient (Wildman–Crippen LogP) is 4.52. The van der Waals surface area contributed by atoms with Crippen LogP contribution in [0.15, 0.2) is 18.2 Å². The van der Waals surface area contributed by atoms with E-state index in [0.717, 1.165) is 43.5 Å². The van der Waals surface area contributed by atoms with Crippen LogP contribution >= 0.6 is 12.2 Å². The first kappa shape index (κ1) is 16.2. The van der Waals surface area contributed by atoms with Crippen LogP contribution in [0.5, 0.6) is 0 Å². The molecule has 1 heterocycles. The van der Waals surface area contributed by atoms with Gasteiger partial charge in [0.25, 0.3) is 0 Å². The minimum Gasteiger partial charge on any atom is -0.331 e. The van der Waals surface area contributed by atoms with E-state index in [0.29, 0.717) is 4.77 Å². The Morgan fingerprint density at radius 2 is 2.05 bits per heavy atom. The van der Waals surface area contributed by atoms with Crippen molar-refractivity contribution in [2.75, 3.05) is 19.6 Å². The number of benzene rings is 1. The van der Waals surface area contributed by atoms with Crippen LogP contribution in [0.25, 0.3) is 11.0 Å². The number of fused-ring (bicyclic) bond motifs is 1. The fourth-order valence-electron chi connectivity index (χ4n) is 2.81. The smallest absolute Gasteiger partial charge is 0.178 e. The first-order chi connectivity index (χ1) is 10.1. The van der Waals surface area contributed by atoms with Gasteiger partial charge in [0.15, 0.2) is 4.77 Å². The average molecular weight is 309 g/mol. The highest BCUT2D eigenvalue weighted by atomic mass is 32.1. The Labute approximate surface area is 130 Å². The number of nitrogens with zero attached hydrogens (tertiary/aromatic N) is 2. The van der Waals surface area contributed by atoms with Crippen LogP contribution in [0.1, 0.15) is 39.7 Å². The van der Waals surface area contributed by atoms with E-state index < -0.39 is 0 Å². The van der Waals surface area contributed by atoms with Gasteiger partial charge in [-0.2, -0.15) is 0 Å². The molecule has 2 aromatic rings. The molecule has 2 rings (SSSR count). The van der Waals surface area contributed by atoms with E-state index >= 15 is 0 Å². The van der Waals surface area contributed by atoms with Crippen molar-refractivity contribution < 1.29 is 4.39 Å². The number of hydrogen-bond acceptors (Lipinski definition) is 2. The SMILES string of the molecule is CCN(CC)CCCC(C)n1c(=S)[nH]c2ccc(F)cc21. The van der Waals surface area contributed by atoms with Crippen LogP contribution in [0.4, 0.5) is 4.39 Å². The summed E-state index contributed by atoms with van der Waals surface area (Å²) in [6.07, 6.45) is 2.15. The quantitative estimate of drug-likeness (QED) is 0.760. The number of aromatic amines is 1. The lowest BCUT2D eigenvalue weighted by molar-refractivity contribution is 0.288. The summed E-state index contributed by atoms with van der Waals surface area (Å²) in [4.78, 5) is 5.57. The number of rotatable bonds is 7. The van der Waals surface area contributed by atoms with Gasteiger partial charge in [0.1, 0.15) is 5.82 Å². The van der Waals surface area contributed by atoms with Crippen molar-refractivity contribution in [3.63, 3.8) is 0 Å². The molecule has 0 saturated carbocycles. The third-order valence-electron chi connectivity index (χ3n) is 4.11. The molecule has 1 aromatic heterocycles. The fourth-order valence-corrected chi connectivity index (χ4v) is 3.20. The van der Waals surface area contributed by atoms with Gasteiger partial charge in [-0.15, -0.1) is 0 Å². The summed E-state index contributed by atoms with van der Waals surface area (Å²) in [6, 6.07) is 5.04. The Bertz CT molecular complexity index is 642. The number of nitrogens with one attached hydrogen (secondary N) is 1. The second-order valence-corrected chi connectivity index (χ2v) is 5.87. The van der Waals surface area contributed by atoms with Crippen molar-refractivity contribution in [3.8, 4) is 0 Å². The van der Waals surface area contributed by atoms with E-state index in [2.05, 4.69) is 30.7 Å². The predicted molar refractivity (Wildman–Crippen MR) is 88.8 cm³/mol. The van der Waals surface area contributed by atoms with E-state index in [1.54, 1.807) is 12.1 Å². The molecule has 0 bridgehead atoms. The standard InChI is InChI=1S/C16H24FN3S/c1-4-19(5-2)10-6-7-12(3)20-15-11-13(17)8-9-14(15)18-16(20)21/h8-9,11-12H,4-7,10H2,1-3H3,(H,18,21). The summed E-state index contributed by atoms with van der Waals surface area (Å²) < 4.78 is 16.2. The van der Waals surface area contributed by atoms with E-state index in [1.165, 1.54) is 6.07 Å². The molecule has 3 nitrogen and oxygen atoms in total. The Hall–Kier alpha value is -1.20. The summed E-state index contributed by atoms with van der Waals surface area (Å²) >= 11 is 5.39. The summed E-state index contributed by atoms with van der Waals surface area (Å²) in [7, 11) is 0. The molecular formula is C16H24FN3S. The highest BCUT2D eigenvalue weighted by molar-refractivity contribution is 7.71. The van der Waals surface area contributed by atoms with Gasteiger partial charge in [0, 0.05) is 6.04 Å². The van der Waals surface area contributed by atoms with Gasteiger partial charge < -0.3 is 14.5 Å². The van der Waals surface area contributed by atoms with Crippen LogP contribution < -0.4 is 0 Å². The van der Waals surface area contributed by atoms with Crippen LogP contribution in [0.2, 0.25) is 0 Å². The second kappa shape index (κ2) is 7.18. The van der Waals surface area contributed by atoms with Gasteiger partial charge >= 0.3 is 0 Å². The van der Waals surface area contributed by atoms with Gasteiger partial charge in [-0.3, -0.25) is 0 Å². The number of aromatic nitrogens is 2. The average Bonchev–Trinajstić information content (AvgIpc) is 2.78. The maximum absolute atomic E-state index is 13.5. The minimum atomic E-state index is -0.222. The van der Waals surface area contributed by atoms with Gasteiger partial charge in [-0.25, -0.2) is 4.39 Å². The maximum atomic E-state index is 13.5. The third-order valence-corrected chi connectivity index (χ3v) is 4.41. The van der Waals surface area contributed by atoms with Crippen LogP contribution in [0.3, 0.4) is 0 Å². The minimum absolute atomic E-state index is 0.222. The normalized spacial score (nSPS) is 13.2. The van der Waals surface area contributed by atoms with E-state index in [1.807, 2.05) is 4.57 Å². The zero-order valence-corrected chi connectivity index (χ0v) is 13.8. The van der Waals surface area contributed by atoms with Gasteiger partial charge in [0.05, 0.1) is 11.0 Å². The van der Waals surface area contributed by atoms with E-state index in [9.17, 15) is 4.39 Å². The van der Waals surface area contributed by atoms with Crippen LogP contribution in [0, 0.1) is 10.6 Å². The largest absolute Gasteiger partial charge is 0.331 e. The van der Waals surface area contributed by atoms with Crippen molar-refractivity contribution in [3.05, 3.63) is 28.8 Å². The molecule has 1 aromatic carbocycles. The molecule has 0 spiro atoms. The summed E-state index contributed by atoms with van der Waals surface area (Å²) in [6.45, 7) is 9.79. The molecule has 1 atom stereocenters. The Balaban J connectivity index is 2.12. The van der Waals surface area contributed by atoms with Crippen molar-refractivity contribution >= 4 is 23.3 Å². The Morgan fingerprint density at radius 3 is 2.71 bits per heavy atom. The zero-order valence-electron chi connectivity index (χ0n) is 13.0. The lowest BCUT2D eigenvalue weighted by atomic mass is 10.1. The molecule has 1 N–H and O–H groups in total. The summed E-state index contributed by atoms with van der Waals surface area (Å²) in [5.74, 6) is -0.222. The molecule has 0 amide bonds. The first-order valence-electron chi connectivity index (χ1n) is 7.69. The highest BCUT2D eigenvalue weighted by Crippen LogP contribution is 2.23. The van der Waals surface area contributed by atoms with Gasteiger partial charge in [-0.1, -0.05) is 13.8 Å². The molecule has 5 heteroatoms. The summed E-state index contributed by atoms with van der Waals surface area (Å²) in [5.41, 5.74) is 1.76. The molecule has 0 aliphatic heterocycles. The van der Waals surface area contributed by atoms with Crippen LogP contribution in [-0.4, -0.2) is 34.1 Å². The second-order valence-electron chi connectivity index (χ2n) is 5.48. The van der Waals surface area contributed by atoms with Gasteiger partial charge in [0.2, 0.25) is 0 Å². The van der Waals surface area contributed by atoms with Crippen LogP contribution in [-0.2, 0) is 0 Å². The molecule has 116 valence electrons. The molecule has 21 heavy (non-hydrogen) atoms. The highest BCUT2D eigenvalue weighted by Gasteiger charge is 2.12. The molecule has 0 fully saturated rings. The van der Waals surface area contributed by atoms with Crippen molar-refractivity contribution in [1.82, 2.24) is 14.5 Å². The number of imidazole rings is 1. The third kappa shape index (κ3) is 3.71. The van der Waals surface area contributed by atoms with Crippen molar-refractivity contribution in [2.45, 2.75) is 39.7 Å². The first-order valence-corrected chi connectivity index (χ1v) is 8.09. The van der Waals surface area contributed by atoms with E-state index in [4.69, 9.17) is 12.2 Å². The number of halogens is 1. The zero-order chi connectivity index (χ0) is 15.4.